The number of nitrogens with zero attached hydrogens (tertiary/aromatic N) is 3. The first kappa shape index (κ1) is 16.1. The van der Waals surface area contributed by atoms with Gasteiger partial charge in [-0.15, -0.1) is 0 Å². The average Bonchev–Trinajstić information content (AvgIpc) is 2.77. The maximum absolute atomic E-state index is 8.89. The van der Waals surface area contributed by atoms with Crippen LogP contribution in [0.4, 0.5) is 0 Å². The summed E-state index contributed by atoms with van der Waals surface area (Å²) >= 11 is 0. The Morgan fingerprint density at radius 1 is 1.47 bits per heavy atom. The molecule has 19 heavy (non-hydrogen) atoms. The lowest BCUT2D eigenvalue weighted by Crippen LogP contribution is -2.38. The van der Waals surface area contributed by atoms with Gasteiger partial charge in [-0.2, -0.15) is 5.10 Å². The van der Waals surface area contributed by atoms with Crippen molar-refractivity contribution in [3.8, 4) is 0 Å². The molecule has 0 aliphatic heterocycles. The van der Waals surface area contributed by atoms with E-state index < -0.39 is 0 Å². The summed E-state index contributed by atoms with van der Waals surface area (Å²) in [7, 11) is 0. The van der Waals surface area contributed by atoms with Gasteiger partial charge in [-0.25, -0.2) is 0 Å². The lowest BCUT2D eigenvalue weighted by atomic mass is 9.93. The molecule has 5 nitrogen and oxygen atoms in total. The van der Waals surface area contributed by atoms with E-state index in [1.165, 1.54) is 5.56 Å². The Labute approximate surface area is 116 Å². The zero-order valence-corrected chi connectivity index (χ0v) is 12.5. The third-order valence-corrected chi connectivity index (χ3v) is 3.17. The van der Waals surface area contributed by atoms with Gasteiger partial charge < -0.3 is 10.8 Å². The van der Waals surface area contributed by atoms with Gasteiger partial charge in [0, 0.05) is 24.8 Å². The summed E-state index contributed by atoms with van der Waals surface area (Å²) in [5.74, 6) is 0. The smallest absolute Gasteiger partial charge is 0.0640 e. The molecule has 0 spiro atoms. The first-order valence-corrected chi connectivity index (χ1v) is 7.05. The molecule has 0 saturated heterocycles. The second-order valence-electron chi connectivity index (χ2n) is 5.91. The first-order valence-electron chi connectivity index (χ1n) is 7.05. The number of aromatic nitrogens is 2. The minimum Gasteiger partial charge on any atom is -0.394 e. The molecule has 3 N–H and O–H groups in total. The van der Waals surface area contributed by atoms with Gasteiger partial charge in [0.25, 0.3) is 0 Å². The molecular formula is C14H28N4O. The Bertz CT molecular complexity index is 362. The van der Waals surface area contributed by atoms with Crippen LogP contribution in [-0.4, -0.2) is 46.0 Å². The standard InChI is InChI=1S/C14H28N4O/c1-4-5-17(12-14(2,3)11-15)9-13-8-16-18(10-13)6-7-19/h8,10,19H,4-7,9,11-12,15H2,1-3H3. The summed E-state index contributed by atoms with van der Waals surface area (Å²) in [6.07, 6.45) is 5.02. The van der Waals surface area contributed by atoms with Crippen LogP contribution in [0.2, 0.25) is 0 Å². The van der Waals surface area contributed by atoms with Crippen molar-refractivity contribution in [2.45, 2.75) is 40.3 Å². The molecule has 0 bridgehead atoms. The van der Waals surface area contributed by atoms with Crippen molar-refractivity contribution >= 4 is 0 Å². The molecule has 1 rings (SSSR count). The summed E-state index contributed by atoms with van der Waals surface area (Å²) in [4.78, 5) is 2.42. The van der Waals surface area contributed by atoms with E-state index in [1.807, 2.05) is 12.4 Å². The monoisotopic (exact) mass is 268 g/mol. The molecule has 5 heteroatoms. The molecular weight excluding hydrogens is 240 g/mol. The average molecular weight is 268 g/mol. The molecule has 0 amide bonds. The fraction of sp³-hybridized carbons (Fsp3) is 0.786. The fourth-order valence-corrected chi connectivity index (χ4v) is 2.17. The van der Waals surface area contributed by atoms with Gasteiger partial charge >= 0.3 is 0 Å². The fourth-order valence-electron chi connectivity index (χ4n) is 2.17. The predicted molar refractivity (Wildman–Crippen MR) is 77.7 cm³/mol. The number of nitrogens with two attached hydrogens (primary N) is 1. The van der Waals surface area contributed by atoms with Crippen molar-refractivity contribution < 1.29 is 5.11 Å². The van der Waals surface area contributed by atoms with Gasteiger partial charge in [0.05, 0.1) is 19.3 Å². The van der Waals surface area contributed by atoms with Gasteiger partial charge in [0.2, 0.25) is 0 Å². The van der Waals surface area contributed by atoms with Gasteiger partial charge in [-0.3, -0.25) is 9.58 Å². The second kappa shape index (κ2) is 7.62. The highest BCUT2D eigenvalue weighted by molar-refractivity contribution is 5.03. The maximum atomic E-state index is 8.89. The van der Waals surface area contributed by atoms with Gasteiger partial charge in [-0.05, 0) is 24.9 Å². The van der Waals surface area contributed by atoms with Gasteiger partial charge in [0.1, 0.15) is 0 Å². The Hall–Kier alpha value is -0.910. The van der Waals surface area contributed by atoms with Crippen LogP contribution in [0.5, 0.6) is 0 Å². The second-order valence-corrected chi connectivity index (χ2v) is 5.91. The molecule has 0 saturated carbocycles. The van der Waals surface area contributed by atoms with Gasteiger partial charge in [0.15, 0.2) is 0 Å². The highest BCUT2D eigenvalue weighted by Crippen LogP contribution is 2.17. The van der Waals surface area contributed by atoms with Crippen LogP contribution in [0, 0.1) is 5.41 Å². The Balaban J connectivity index is 2.61. The van der Waals surface area contributed by atoms with Crippen molar-refractivity contribution in [2.75, 3.05) is 26.2 Å². The number of hydrogen-bond acceptors (Lipinski definition) is 4. The summed E-state index contributed by atoms with van der Waals surface area (Å²) < 4.78 is 1.79. The van der Waals surface area contributed by atoms with Crippen LogP contribution in [-0.2, 0) is 13.1 Å². The van der Waals surface area contributed by atoms with E-state index in [2.05, 4.69) is 30.8 Å². The summed E-state index contributed by atoms with van der Waals surface area (Å²) in [5, 5.41) is 13.1. The Kier molecular flexibility index (Phi) is 6.48. The van der Waals surface area contributed by atoms with Crippen LogP contribution in [0.15, 0.2) is 12.4 Å². The van der Waals surface area contributed by atoms with E-state index in [-0.39, 0.29) is 12.0 Å². The van der Waals surface area contributed by atoms with Crippen LogP contribution in [0.1, 0.15) is 32.8 Å². The quantitative estimate of drug-likeness (QED) is 0.703. The number of aliphatic hydroxyl groups is 1. The maximum Gasteiger partial charge on any atom is 0.0640 e. The molecule has 0 aliphatic carbocycles. The van der Waals surface area contributed by atoms with Crippen molar-refractivity contribution in [3.63, 3.8) is 0 Å². The molecule has 1 aromatic heterocycles. The molecule has 0 aromatic carbocycles. The van der Waals surface area contributed by atoms with Crippen molar-refractivity contribution in [1.29, 1.82) is 0 Å². The molecule has 0 aliphatic rings. The molecule has 0 fully saturated rings. The molecule has 110 valence electrons. The molecule has 1 heterocycles. The van der Waals surface area contributed by atoms with E-state index in [0.29, 0.717) is 13.1 Å². The van der Waals surface area contributed by atoms with E-state index in [0.717, 1.165) is 26.1 Å². The topological polar surface area (TPSA) is 67.3 Å². The van der Waals surface area contributed by atoms with Gasteiger partial charge in [-0.1, -0.05) is 20.8 Å². The van der Waals surface area contributed by atoms with E-state index in [9.17, 15) is 0 Å². The largest absolute Gasteiger partial charge is 0.394 e. The third kappa shape index (κ3) is 5.72. The Morgan fingerprint density at radius 2 is 2.21 bits per heavy atom. The zero-order chi connectivity index (χ0) is 14.3. The van der Waals surface area contributed by atoms with Crippen LogP contribution in [0.25, 0.3) is 0 Å². The molecule has 1 aromatic rings. The van der Waals surface area contributed by atoms with E-state index in [4.69, 9.17) is 10.8 Å². The number of rotatable bonds is 9. The van der Waals surface area contributed by atoms with E-state index in [1.54, 1.807) is 4.68 Å². The summed E-state index contributed by atoms with van der Waals surface area (Å²) in [6.45, 7) is 10.9. The van der Waals surface area contributed by atoms with Crippen LogP contribution < -0.4 is 5.73 Å². The van der Waals surface area contributed by atoms with E-state index >= 15 is 0 Å². The molecule has 0 unspecified atom stereocenters. The molecule has 0 atom stereocenters. The SMILES string of the molecule is CCCN(Cc1cnn(CCO)c1)CC(C)(C)CN. The van der Waals surface area contributed by atoms with Crippen molar-refractivity contribution in [3.05, 3.63) is 18.0 Å². The first-order chi connectivity index (χ1) is 9.00. The van der Waals surface area contributed by atoms with Crippen molar-refractivity contribution in [1.82, 2.24) is 14.7 Å². The molecule has 0 radical (unpaired) electrons. The minimum absolute atomic E-state index is 0.125. The summed E-state index contributed by atoms with van der Waals surface area (Å²) in [5.41, 5.74) is 7.14. The number of aliphatic hydroxyl groups excluding tert-OH is 1. The van der Waals surface area contributed by atoms with Crippen molar-refractivity contribution in [2.24, 2.45) is 11.1 Å². The normalized spacial score (nSPS) is 12.3. The highest BCUT2D eigenvalue weighted by Gasteiger charge is 2.20. The lowest BCUT2D eigenvalue weighted by molar-refractivity contribution is 0.176. The Morgan fingerprint density at radius 3 is 2.79 bits per heavy atom. The minimum atomic E-state index is 0.125. The number of hydrogen-bond donors (Lipinski definition) is 2. The van der Waals surface area contributed by atoms with Crippen LogP contribution in [0.3, 0.4) is 0 Å². The predicted octanol–water partition coefficient (Wildman–Crippen LogP) is 1.07. The third-order valence-electron chi connectivity index (χ3n) is 3.17. The lowest BCUT2D eigenvalue weighted by Gasteiger charge is -2.31. The van der Waals surface area contributed by atoms with Crippen LogP contribution >= 0.6 is 0 Å². The zero-order valence-electron chi connectivity index (χ0n) is 12.5. The highest BCUT2D eigenvalue weighted by atomic mass is 16.3. The summed E-state index contributed by atoms with van der Waals surface area (Å²) in [6, 6.07) is 0.